The molecule has 1 aromatic carbocycles. The monoisotopic (exact) mass is 358 g/mol. The number of methoxy groups -OCH3 is 1. The standard InChI is InChI=1S/C21H30N2O3/c1-15-18(26-20(23-15)21(2,3)4)7-6-14-22-19(24)13-10-16-8-11-17(25-5)12-9-16/h8-9,11-12H,6-7,10,13-14H2,1-5H3,(H,22,24). The van der Waals surface area contributed by atoms with E-state index >= 15 is 0 Å². The van der Waals surface area contributed by atoms with Gasteiger partial charge < -0.3 is 14.5 Å². The molecule has 0 aliphatic rings. The fourth-order valence-corrected chi connectivity index (χ4v) is 2.60. The molecule has 26 heavy (non-hydrogen) atoms. The van der Waals surface area contributed by atoms with Gasteiger partial charge in [-0.3, -0.25) is 4.79 Å². The number of carbonyl (C=O) groups excluding carboxylic acids is 1. The Hall–Kier alpha value is -2.30. The summed E-state index contributed by atoms with van der Waals surface area (Å²) >= 11 is 0. The van der Waals surface area contributed by atoms with Crippen molar-refractivity contribution < 1.29 is 13.9 Å². The van der Waals surface area contributed by atoms with Crippen LogP contribution < -0.4 is 10.1 Å². The average molecular weight is 358 g/mol. The van der Waals surface area contributed by atoms with E-state index in [1.54, 1.807) is 7.11 Å². The van der Waals surface area contributed by atoms with E-state index in [-0.39, 0.29) is 11.3 Å². The van der Waals surface area contributed by atoms with Crippen molar-refractivity contribution in [3.05, 3.63) is 47.2 Å². The highest BCUT2D eigenvalue weighted by Gasteiger charge is 2.21. The Balaban J connectivity index is 1.69. The highest BCUT2D eigenvalue weighted by molar-refractivity contribution is 5.76. The number of ether oxygens (including phenoxy) is 1. The van der Waals surface area contributed by atoms with Crippen LogP contribution in [0.15, 0.2) is 28.7 Å². The van der Waals surface area contributed by atoms with Crippen molar-refractivity contribution in [2.75, 3.05) is 13.7 Å². The van der Waals surface area contributed by atoms with Crippen molar-refractivity contribution in [2.45, 2.75) is 58.8 Å². The number of oxazole rings is 1. The first kappa shape index (κ1) is 20.0. The third kappa shape index (κ3) is 5.90. The quantitative estimate of drug-likeness (QED) is 0.725. The normalized spacial score (nSPS) is 11.4. The van der Waals surface area contributed by atoms with Gasteiger partial charge in [-0.2, -0.15) is 0 Å². The molecule has 0 unspecified atom stereocenters. The molecule has 1 aromatic heterocycles. The number of aromatic nitrogens is 1. The van der Waals surface area contributed by atoms with Crippen LogP contribution in [0.5, 0.6) is 5.75 Å². The van der Waals surface area contributed by atoms with Crippen LogP contribution in [-0.4, -0.2) is 24.5 Å². The molecule has 0 bridgehead atoms. The van der Waals surface area contributed by atoms with Gasteiger partial charge in [0.25, 0.3) is 0 Å². The topological polar surface area (TPSA) is 64.4 Å². The van der Waals surface area contributed by atoms with Crippen molar-refractivity contribution in [2.24, 2.45) is 0 Å². The van der Waals surface area contributed by atoms with E-state index in [1.165, 1.54) is 0 Å². The molecule has 5 nitrogen and oxygen atoms in total. The lowest BCUT2D eigenvalue weighted by atomic mass is 9.97. The Morgan fingerprint density at radius 2 is 1.88 bits per heavy atom. The van der Waals surface area contributed by atoms with Gasteiger partial charge in [-0.1, -0.05) is 32.9 Å². The van der Waals surface area contributed by atoms with Crippen LogP contribution in [0.3, 0.4) is 0 Å². The molecule has 0 aliphatic carbocycles. The number of carbonyl (C=O) groups is 1. The smallest absolute Gasteiger partial charge is 0.220 e. The van der Waals surface area contributed by atoms with Crippen molar-refractivity contribution in [3.8, 4) is 5.75 Å². The van der Waals surface area contributed by atoms with E-state index in [4.69, 9.17) is 9.15 Å². The number of rotatable bonds is 8. The second kappa shape index (κ2) is 8.88. The van der Waals surface area contributed by atoms with E-state index < -0.39 is 0 Å². The number of benzene rings is 1. The lowest BCUT2D eigenvalue weighted by Crippen LogP contribution is -2.25. The van der Waals surface area contributed by atoms with Crippen molar-refractivity contribution in [3.63, 3.8) is 0 Å². The molecule has 1 N–H and O–H groups in total. The summed E-state index contributed by atoms with van der Waals surface area (Å²) in [5, 5.41) is 2.98. The van der Waals surface area contributed by atoms with Crippen LogP contribution >= 0.6 is 0 Å². The van der Waals surface area contributed by atoms with Crippen LogP contribution in [0.1, 0.15) is 56.5 Å². The molecular formula is C21H30N2O3. The minimum absolute atomic E-state index is 0.0745. The minimum atomic E-state index is -0.0846. The van der Waals surface area contributed by atoms with Crippen LogP contribution in [0.4, 0.5) is 0 Å². The van der Waals surface area contributed by atoms with E-state index in [0.717, 1.165) is 47.9 Å². The van der Waals surface area contributed by atoms with Gasteiger partial charge in [-0.15, -0.1) is 0 Å². The third-order valence-corrected chi connectivity index (χ3v) is 4.24. The van der Waals surface area contributed by atoms with E-state index in [0.29, 0.717) is 13.0 Å². The first-order valence-electron chi connectivity index (χ1n) is 9.16. The van der Waals surface area contributed by atoms with Gasteiger partial charge in [0.2, 0.25) is 5.91 Å². The predicted molar refractivity (Wildman–Crippen MR) is 103 cm³/mol. The Morgan fingerprint density at radius 1 is 1.19 bits per heavy atom. The van der Waals surface area contributed by atoms with E-state index in [9.17, 15) is 4.79 Å². The van der Waals surface area contributed by atoms with Crippen molar-refractivity contribution >= 4 is 5.91 Å². The molecule has 0 saturated carbocycles. The highest BCUT2D eigenvalue weighted by atomic mass is 16.5. The lowest BCUT2D eigenvalue weighted by molar-refractivity contribution is -0.121. The van der Waals surface area contributed by atoms with Crippen LogP contribution in [0.2, 0.25) is 0 Å². The molecule has 1 amide bonds. The lowest BCUT2D eigenvalue weighted by Gasteiger charge is -2.12. The van der Waals surface area contributed by atoms with Crippen molar-refractivity contribution in [1.29, 1.82) is 0 Å². The van der Waals surface area contributed by atoms with Gasteiger partial charge in [0, 0.05) is 24.8 Å². The van der Waals surface area contributed by atoms with Gasteiger partial charge in [-0.25, -0.2) is 4.98 Å². The van der Waals surface area contributed by atoms with Gasteiger partial charge in [0.15, 0.2) is 5.89 Å². The van der Waals surface area contributed by atoms with Gasteiger partial charge >= 0.3 is 0 Å². The Kier molecular flexibility index (Phi) is 6.83. The summed E-state index contributed by atoms with van der Waals surface area (Å²) in [6.45, 7) is 8.88. The molecule has 5 heteroatoms. The second-order valence-corrected chi connectivity index (χ2v) is 7.58. The highest BCUT2D eigenvalue weighted by Crippen LogP contribution is 2.24. The molecule has 0 saturated heterocycles. The Labute approximate surface area is 156 Å². The largest absolute Gasteiger partial charge is 0.497 e. The second-order valence-electron chi connectivity index (χ2n) is 7.58. The van der Waals surface area contributed by atoms with Crippen LogP contribution in [0, 0.1) is 6.92 Å². The fourth-order valence-electron chi connectivity index (χ4n) is 2.60. The predicted octanol–water partition coefficient (Wildman–Crippen LogP) is 3.97. The SMILES string of the molecule is COc1ccc(CCC(=O)NCCCc2oc(C(C)(C)C)nc2C)cc1. The molecule has 0 spiro atoms. The number of hydrogen-bond acceptors (Lipinski definition) is 4. The summed E-state index contributed by atoms with van der Waals surface area (Å²) in [5.41, 5.74) is 1.99. The molecule has 1 heterocycles. The Morgan fingerprint density at radius 3 is 2.46 bits per heavy atom. The summed E-state index contributed by atoms with van der Waals surface area (Å²) in [6, 6.07) is 7.81. The maximum atomic E-state index is 12.0. The molecule has 2 rings (SSSR count). The number of aryl methyl sites for hydroxylation is 3. The molecular weight excluding hydrogens is 328 g/mol. The average Bonchev–Trinajstić information content (AvgIpc) is 2.98. The summed E-state index contributed by atoms with van der Waals surface area (Å²) < 4.78 is 11.0. The minimum Gasteiger partial charge on any atom is -0.497 e. The number of nitrogens with zero attached hydrogens (tertiary/aromatic N) is 1. The number of nitrogens with one attached hydrogen (secondary N) is 1. The van der Waals surface area contributed by atoms with Gasteiger partial charge in [-0.05, 0) is 37.5 Å². The third-order valence-electron chi connectivity index (χ3n) is 4.24. The number of hydrogen-bond donors (Lipinski definition) is 1. The van der Waals surface area contributed by atoms with E-state index in [2.05, 4.69) is 31.1 Å². The van der Waals surface area contributed by atoms with Gasteiger partial charge in [0.05, 0.1) is 12.8 Å². The maximum absolute atomic E-state index is 12.0. The zero-order valence-electron chi connectivity index (χ0n) is 16.5. The fraction of sp³-hybridized carbons (Fsp3) is 0.524. The Bertz CT molecular complexity index is 712. The molecule has 2 aromatic rings. The van der Waals surface area contributed by atoms with Gasteiger partial charge in [0.1, 0.15) is 11.5 Å². The van der Waals surface area contributed by atoms with Crippen LogP contribution in [-0.2, 0) is 23.1 Å². The first-order valence-corrected chi connectivity index (χ1v) is 9.16. The molecule has 142 valence electrons. The molecule has 0 aliphatic heterocycles. The zero-order chi connectivity index (χ0) is 19.2. The first-order chi connectivity index (χ1) is 12.3. The number of amides is 1. The summed E-state index contributed by atoms with van der Waals surface area (Å²) in [4.78, 5) is 16.5. The van der Waals surface area contributed by atoms with Crippen molar-refractivity contribution in [1.82, 2.24) is 10.3 Å². The maximum Gasteiger partial charge on any atom is 0.220 e. The molecule has 0 radical (unpaired) electrons. The summed E-state index contributed by atoms with van der Waals surface area (Å²) in [6.07, 6.45) is 2.84. The van der Waals surface area contributed by atoms with E-state index in [1.807, 2.05) is 31.2 Å². The summed E-state index contributed by atoms with van der Waals surface area (Å²) in [5.74, 6) is 2.59. The van der Waals surface area contributed by atoms with Crippen LogP contribution in [0.25, 0.3) is 0 Å². The molecule has 0 fully saturated rings. The summed E-state index contributed by atoms with van der Waals surface area (Å²) in [7, 11) is 1.65. The zero-order valence-corrected chi connectivity index (χ0v) is 16.5. The molecule has 0 atom stereocenters.